The molecule has 112 valence electrons. The summed E-state index contributed by atoms with van der Waals surface area (Å²) in [7, 11) is 1.77. The van der Waals surface area contributed by atoms with Gasteiger partial charge in [-0.25, -0.2) is 13.2 Å². The Balaban J connectivity index is 2.10. The second kappa shape index (κ2) is 7.09. The molecule has 0 radical (unpaired) electrons. The molecule has 2 aromatic rings. The van der Waals surface area contributed by atoms with Crippen LogP contribution in [0, 0.1) is 17.5 Å². The SMILES string of the molecule is CNC(Cc1ccc(F)c(F)c1)Cc1ccc(Br)cc1F. The topological polar surface area (TPSA) is 12.0 Å². The first-order chi connectivity index (χ1) is 9.99. The van der Waals surface area contributed by atoms with E-state index in [0.717, 1.165) is 6.07 Å². The Kier molecular flexibility index (Phi) is 5.42. The van der Waals surface area contributed by atoms with Crippen LogP contribution < -0.4 is 5.32 Å². The van der Waals surface area contributed by atoms with Gasteiger partial charge in [0.2, 0.25) is 0 Å². The molecule has 0 fully saturated rings. The molecule has 1 nitrogen and oxygen atoms in total. The second-order valence-corrected chi connectivity index (χ2v) is 5.79. The molecular weight excluding hydrogens is 343 g/mol. The normalized spacial score (nSPS) is 12.4. The minimum Gasteiger partial charge on any atom is -0.316 e. The average molecular weight is 358 g/mol. The van der Waals surface area contributed by atoms with Gasteiger partial charge in [-0.3, -0.25) is 0 Å². The molecule has 1 N–H and O–H groups in total. The van der Waals surface area contributed by atoms with Crippen molar-refractivity contribution < 1.29 is 13.2 Å². The van der Waals surface area contributed by atoms with Crippen molar-refractivity contribution in [1.82, 2.24) is 5.32 Å². The van der Waals surface area contributed by atoms with Gasteiger partial charge in [-0.1, -0.05) is 28.1 Å². The molecule has 0 heterocycles. The summed E-state index contributed by atoms with van der Waals surface area (Å²) in [4.78, 5) is 0. The van der Waals surface area contributed by atoms with Crippen LogP contribution in [0.3, 0.4) is 0 Å². The predicted octanol–water partition coefficient (Wildman–Crippen LogP) is 4.24. The van der Waals surface area contributed by atoms with E-state index in [1.807, 2.05) is 0 Å². The Hall–Kier alpha value is -1.33. The molecule has 5 heteroatoms. The zero-order valence-corrected chi connectivity index (χ0v) is 13.1. The van der Waals surface area contributed by atoms with Crippen LogP contribution in [0.2, 0.25) is 0 Å². The van der Waals surface area contributed by atoms with E-state index in [9.17, 15) is 13.2 Å². The number of rotatable bonds is 5. The lowest BCUT2D eigenvalue weighted by Gasteiger charge is -2.17. The van der Waals surface area contributed by atoms with Crippen LogP contribution in [0.15, 0.2) is 40.9 Å². The first-order valence-corrected chi connectivity index (χ1v) is 7.34. The molecular formula is C16H15BrF3N. The van der Waals surface area contributed by atoms with Crippen LogP contribution in [0.1, 0.15) is 11.1 Å². The predicted molar refractivity (Wildman–Crippen MR) is 80.7 cm³/mol. The molecule has 0 aliphatic rings. The molecule has 0 aliphatic heterocycles. The van der Waals surface area contributed by atoms with Crippen molar-refractivity contribution in [3.8, 4) is 0 Å². The van der Waals surface area contributed by atoms with E-state index in [1.54, 1.807) is 25.2 Å². The maximum atomic E-state index is 13.8. The lowest BCUT2D eigenvalue weighted by molar-refractivity contribution is 0.501. The largest absolute Gasteiger partial charge is 0.316 e. The lowest BCUT2D eigenvalue weighted by Crippen LogP contribution is -2.30. The highest BCUT2D eigenvalue weighted by Crippen LogP contribution is 2.18. The van der Waals surface area contributed by atoms with Gasteiger partial charge in [0.15, 0.2) is 11.6 Å². The van der Waals surface area contributed by atoms with Crippen molar-refractivity contribution in [2.75, 3.05) is 7.05 Å². The molecule has 0 saturated carbocycles. The minimum atomic E-state index is -0.864. The van der Waals surface area contributed by atoms with E-state index in [2.05, 4.69) is 21.2 Å². The highest BCUT2D eigenvalue weighted by molar-refractivity contribution is 9.10. The smallest absolute Gasteiger partial charge is 0.159 e. The number of hydrogen-bond donors (Lipinski definition) is 1. The quantitative estimate of drug-likeness (QED) is 0.843. The molecule has 2 aromatic carbocycles. The Morgan fingerprint density at radius 3 is 2.33 bits per heavy atom. The third-order valence-electron chi connectivity index (χ3n) is 3.36. The van der Waals surface area contributed by atoms with Gasteiger partial charge >= 0.3 is 0 Å². The van der Waals surface area contributed by atoms with Crippen LogP contribution in [-0.4, -0.2) is 13.1 Å². The number of likely N-dealkylation sites (N-methyl/N-ethyl adjacent to an activating group) is 1. The molecule has 0 amide bonds. The molecule has 0 aliphatic carbocycles. The Bertz CT molecular complexity index is 631. The Labute approximate surface area is 130 Å². The minimum absolute atomic E-state index is 0.0643. The van der Waals surface area contributed by atoms with E-state index >= 15 is 0 Å². The molecule has 0 aromatic heterocycles. The van der Waals surface area contributed by atoms with Gasteiger partial charge in [0.25, 0.3) is 0 Å². The summed E-state index contributed by atoms with van der Waals surface area (Å²) in [5.74, 6) is -2.01. The molecule has 1 atom stereocenters. The Morgan fingerprint density at radius 1 is 0.952 bits per heavy atom. The van der Waals surface area contributed by atoms with Gasteiger partial charge < -0.3 is 5.32 Å². The lowest BCUT2D eigenvalue weighted by atomic mass is 9.98. The fraction of sp³-hybridized carbons (Fsp3) is 0.250. The molecule has 2 rings (SSSR count). The molecule has 1 unspecified atom stereocenters. The third-order valence-corrected chi connectivity index (χ3v) is 3.85. The van der Waals surface area contributed by atoms with Crippen molar-refractivity contribution in [2.24, 2.45) is 0 Å². The van der Waals surface area contributed by atoms with Gasteiger partial charge in [-0.05, 0) is 55.3 Å². The van der Waals surface area contributed by atoms with E-state index in [1.165, 1.54) is 12.1 Å². The third kappa shape index (κ3) is 4.32. The summed E-state index contributed by atoms with van der Waals surface area (Å²) in [6.45, 7) is 0. The number of benzene rings is 2. The van der Waals surface area contributed by atoms with Gasteiger partial charge in [-0.15, -0.1) is 0 Å². The molecule has 0 bridgehead atoms. The van der Waals surface area contributed by atoms with Gasteiger partial charge in [0.05, 0.1) is 0 Å². The first-order valence-electron chi connectivity index (χ1n) is 6.54. The molecule has 21 heavy (non-hydrogen) atoms. The van der Waals surface area contributed by atoms with Crippen LogP contribution in [0.4, 0.5) is 13.2 Å². The highest BCUT2D eigenvalue weighted by Gasteiger charge is 2.13. The summed E-state index contributed by atoms with van der Waals surface area (Å²) < 4.78 is 40.6. The van der Waals surface area contributed by atoms with Crippen molar-refractivity contribution in [3.05, 3.63) is 69.4 Å². The zero-order valence-electron chi connectivity index (χ0n) is 11.5. The van der Waals surface area contributed by atoms with E-state index in [-0.39, 0.29) is 11.9 Å². The highest BCUT2D eigenvalue weighted by atomic mass is 79.9. The van der Waals surface area contributed by atoms with Crippen LogP contribution in [-0.2, 0) is 12.8 Å². The summed E-state index contributed by atoms with van der Waals surface area (Å²) in [5, 5.41) is 3.08. The van der Waals surface area contributed by atoms with Crippen LogP contribution in [0.25, 0.3) is 0 Å². The number of halogens is 4. The maximum absolute atomic E-state index is 13.8. The van der Waals surface area contributed by atoms with Crippen LogP contribution >= 0.6 is 15.9 Å². The van der Waals surface area contributed by atoms with Crippen molar-refractivity contribution in [1.29, 1.82) is 0 Å². The summed E-state index contributed by atoms with van der Waals surface area (Å²) >= 11 is 3.22. The van der Waals surface area contributed by atoms with Crippen molar-refractivity contribution in [3.63, 3.8) is 0 Å². The summed E-state index contributed by atoms with van der Waals surface area (Å²) in [6.07, 6.45) is 0.956. The zero-order chi connectivity index (χ0) is 15.4. The van der Waals surface area contributed by atoms with E-state index < -0.39 is 11.6 Å². The van der Waals surface area contributed by atoms with E-state index in [0.29, 0.717) is 28.4 Å². The first kappa shape index (κ1) is 16.0. The maximum Gasteiger partial charge on any atom is 0.159 e. The number of nitrogens with one attached hydrogen (secondary N) is 1. The second-order valence-electron chi connectivity index (χ2n) is 4.88. The average Bonchev–Trinajstić information content (AvgIpc) is 2.44. The summed E-state index contributed by atoms with van der Waals surface area (Å²) in [6, 6.07) is 8.68. The standard InChI is InChI=1S/C16H15BrF3N/c1-21-13(6-10-2-5-14(18)16(20)7-10)8-11-3-4-12(17)9-15(11)19/h2-5,7,9,13,21H,6,8H2,1H3. The molecule has 0 spiro atoms. The van der Waals surface area contributed by atoms with Gasteiger partial charge in [0, 0.05) is 10.5 Å². The fourth-order valence-electron chi connectivity index (χ4n) is 2.18. The van der Waals surface area contributed by atoms with E-state index in [4.69, 9.17) is 0 Å². The van der Waals surface area contributed by atoms with Crippen molar-refractivity contribution >= 4 is 15.9 Å². The Morgan fingerprint density at radius 2 is 1.71 bits per heavy atom. The van der Waals surface area contributed by atoms with Gasteiger partial charge in [0.1, 0.15) is 5.82 Å². The summed E-state index contributed by atoms with van der Waals surface area (Å²) in [5.41, 5.74) is 1.26. The number of hydrogen-bond acceptors (Lipinski definition) is 1. The fourth-order valence-corrected chi connectivity index (χ4v) is 2.51. The van der Waals surface area contributed by atoms with Gasteiger partial charge in [-0.2, -0.15) is 0 Å². The molecule has 0 saturated heterocycles. The van der Waals surface area contributed by atoms with Crippen molar-refractivity contribution in [2.45, 2.75) is 18.9 Å². The monoisotopic (exact) mass is 357 g/mol. The van der Waals surface area contributed by atoms with Crippen LogP contribution in [0.5, 0.6) is 0 Å².